The summed E-state index contributed by atoms with van der Waals surface area (Å²) in [4.78, 5) is 37.7. The van der Waals surface area contributed by atoms with Crippen molar-refractivity contribution in [2.45, 2.75) is 37.9 Å². The number of hydrogen-bond donors (Lipinski definition) is 4. The van der Waals surface area contributed by atoms with Crippen molar-refractivity contribution in [3.8, 4) is 0 Å². The maximum Gasteiger partial charge on any atom is 0.273 e. The third-order valence-electron chi connectivity index (χ3n) is 6.27. The largest absolute Gasteiger partial charge is 0.368 e. The van der Waals surface area contributed by atoms with Gasteiger partial charge in [-0.1, -0.05) is 18.6 Å². The molecule has 2 amide bonds. The summed E-state index contributed by atoms with van der Waals surface area (Å²) in [6, 6.07) is 10.2. The Morgan fingerprint density at radius 1 is 1.03 bits per heavy atom. The van der Waals surface area contributed by atoms with Gasteiger partial charge in [0.25, 0.3) is 5.91 Å². The van der Waals surface area contributed by atoms with E-state index in [-0.39, 0.29) is 35.9 Å². The quantitative estimate of drug-likeness (QED) is 0.343. The maximum absolute atomic E-state index is 13.2. The Morgan fingerprint density at radius 3 is 2.44 bits per heavy atom. The molecule has 12 heteroatoms. The van der Waals surface area contributed by atoms with Crippen LogP contribution in [-0.4, -0.2) is 39.2 Å². The fraction of sp³-hybridized carbons (Fsp3) is 0.292. The minimum atomic E-state index is -0.909. The SMILES string of the molecule is NC(=O)c1nnc(N[C@H](Cc2ccc(F)cc2)C(N)=O)nc1Nc1ccc2c(c1)=NC(C1CCC1)N=2. The van der Waals surface area contributed by atoms with E-state index in [4.69, 9.17) is 16.5 Å². The van der Waals surface area contributed by atoms with Crippen LogP contribution in [0.3, 0.4) is 0 Å². The van der Waals surface area contributed by atoms with Gasteiger partial charge < -0.3 is 22.1 Å². The van der Waals surface area contributed by atoms with Crippen molar-refractivity contribution in [2.75, 3.05) is 10.6 Å². The van der Waals surface area contributed by atoms with Gasteiger partial charge in [0.05, 0.1) is 10.7 Å². The van der Waals surface area contributed by atoms with E-state index in [2.05, 4.69) is 30.8 Å². The number of nitrogens with two attached hydrogens (primary N) is 2. The molecule has 2 heterocycles. The highest BCUT2D eigenvalue weighted by Gasteiger charge is 2.28. The second-order valence-electron chi connectivity index (χ2n) is 8.82. The number of anilines is 3. The van der Waals surface area contributed by atoms with E-state index in [1.54, 1.807) is 18.2 Å². The van der Waals surface area contributed by atoms with Crippen molar-refractivity contribution >= 4 is 29.3 Å². The van der Waals surface area contributed by atoms with E-state index in [1.165, 1.54) is 18.6 Å². The number of benzene rings is 2. The number of primary amides is 2. The average Bonchev–Trinajstić information content (AvgIpc) is 3.21. The Balaban J connectivity index is 1.38. The van der Waals surface area contributed by atoms with Gasteiger partial charge in [-0.3, -0.25) is 19.6 Å². The molecule has 2 atom stereocenters. The van der Waals surface area contributed by atoms with Gasteiger partial charge in [0.1, 0.15) is 18.0 Å². The number of aromatic nitrogens is 3. The highest BCUT2D eigenvalue weighted by molar-refractivity contribution is 5.96. The molecular weight excluding hydrogens is 465 g/mol. The zero-order valence-electron chi connectivity index (χ0n) is 19.2. The fourth-order valence-corrected chi connectivity index (χ4v) is 4.09. The van der Waals surface area contributed by atoms with Gasteiger partial charge in [-0.25, -0.2) is 4.39 Å². The molecular formula is C24H24FN9O2. The third-order valence-corrected chi connectivity index (χ3v) is 6.27. The number of halogens is 1. The second kappa shape index (κ2) is 9.64. The molecule has 6 N–H and O–H groups in total. The summed E-state index contributed by atoms with van der Waals surface area (Å²) >= 11 is 0. The van der Waals surface area contributed by atoms with Crippen LogP contribution in [0.4, 0.5) is 21.8 Å². The molecule has 1 aromatic heterocycles. The van der Waals surface area contributed by atoms with Crippen molar-refractivity contribution in [1.82, 2.24) is 15.2 Å². The molecule has 1 fully saturated rings. The summed E-state index contributed by atoms with van der Waals surface area (Å²) in [5, 5.41) is 15.2. The number of amides is 2. The van der Waals surface area contributed by atoms with Gasteiger partial charge in [-0.15, -0.1) is 10.2 Å². The van der Waals surface area contributed by atoms with Crippen molar-refractivity contribution in [2.24, 2.45) is 27.4 Å². The highest BCUT2D eigenvalue weighted by atomic mass is 19.1. The summed E-state index contributed by atoms with van der Waals surface area (Å²) in [6.07, 6.45) is 3.59. The number of hydrogen-bond acceptors (Lipinski definition) is 9. The molecule has 2 aliphatic rings. The zero-order chi connectivity index (χ0) is 25.2. The summed E-state index contributed by atoms with van der Waals surface area (Å²) in [5.41, 5.74) is 12.1. The predicted octanol–water partition coefficient (Wildman–Crippen LogP) is 0.741. The first-order valence-corrected chi connectivity index (χ1v) is 11.5. The molecule has 1 unspecified atom stereocenters. The first-order chi connectivity index (χ1) is 17.4. The van der Waals surface area contributed by atoms with Gasteiger partial charge in [0.15, 0.2) is 11.5 Å². The molecule has 3 aromatic rings. The molecule has 184 valence electrons. The molecule has 2 aromatic carbocycles. The van der Waals surface area contributed by atoms with Crippen LogP contribution in [0.2, 0.25) is 0 Å². The predicted molar refractivity (Wildman–Crippen MR) is 128 cm³/mol. The first-order valence-electron chi connectivity index (χ1n) is 11.5. The Morgan fingerprint density at radius 2 is 1.78 bits per heavy atom. The molecule has 36 heavy (non-hydrogen) atoms. The van der Waals surface area contributed by atoms with Crippen LogP contribution in [0.15, 0.2) is 52.4 Å². The monoisotopic (exact) mass is 489 g/mol. The maximum atomic E-state index is 13.2. The number of carbonyl (C=O) groups is 2. The van der Waals surface area contributed by atoms with E-state index in [1.807, 2.05) is 12.1 Å². The molecule has 0 bridgehead atoms. The normalized spacial score (nSPS) is 17.2. The lowest BCUT2D eigenvalue weighted by Crippen LogP contribution is -2.38. The van der Waals surface area contributed by atoms with Crippen LogP contribution < -0.4 is 32.8 Å². The van der Waals surface area contributed by atoms with E-state index in [0.717, 1.165) is 23.6 Å². The molecule has 5 rings (SSSR count). The molecule has 0 spiro atoms. The molecule has 0 saturated heterocycles. The molecule has 0 radical (unpaired) electrons. The third kappa shape index (κ3) is 4.97. The van der Waals surface area contributed by atoms with Gasteiger partial charge in [-0.2, -0.15) is 4.98 Å². The summed E-state index contributed by atoms with van der Waals surface area (Å²) in [7, 11) is 0. The van der Waals surface area contributed by atoms with Crippen molar-refractivity contribution < 1.29 is 14.0 Å². The Labute approximate surface area is 205 Å². The van der Waals surface area contributed by atoms with Crippen LogP contribution in [0, 0.1) is 11.7 Å². The van der Waals surface area contributed by atoms with Gasteiger partial charge in [-0.05, 0) is 48.7 Å². The van der Waals surface area contributed by atoms with E-state index in [9.17, 15) is 14.0 Å². The lowest BCUT2D eigenvalue weighted by atomic mass is 9.83. The summed E-state index contributed by atoms with van der Waals surface area (Å²) < 4.78 is 13.2. The number of nitrogens with zero attached hydrogens (tertiary/aromatic N) is 5. The van der Waals surface area contributed by atoms with E-state index >= 15 is 0 Å². The van der Waals surface area contributed by atoms with Gasteiger partial charge >= 0.3 is 0 Å². The Hall–Kier alpha value is -4.48. The van der Waals surface area contributed by atoms with Crippen molar-refractivity contribution in [3.05, 3.63) is 70.3 Å². The number of nitrogens with one attached hydrogen (secondary N) is 2. The Bertz CT molecular complexity index is 1440. The number of carbonyl (C=O) groups excluding carboxylic acids is 2. The minimum absolute atomic E-state index is 0.0423. The van der Waals surface area contributed by atoms with E-state index in [0.29, 0.717) is 17.2 Å². The summed E-state index contributed by atoms with van der Waals surface area (Å²) in [6.45, 7) is 0. The lowest BCUT2D eigenvalue weighted by molar-refractivity contribution is -0.118. The first kappa shape index (κ1) is 23.3. The summed E-state index contributed by atoms with van der Waals surface area (Å²) in [5.74, 6) is -1.38. The molecule has 1 aliphatic heterocycles. The van der Waals surface area contributed by atoms with Crippen LogP contribution in [0.25, 0.3) is 0 Å². The van der Waals surface area contributed by atoms with Crippen molar-refractivity contribution in [1.29, 1.82) is 0 Å². The molecule has 1 saturated carbocycles. The highest BCUT2D eigenvalue weighted by Crippen LogP contribution is 2.32. The van der Waals surface area contributed by atoms with Crippen molar-refractivity contribution in [3.63, 3.8) is 0 Å². The van der Waals surface area contributed by atoms with Crippen LogP contribution in [0.5, 0.6) is 0 Å². The van der Waals surface area contributed by atoms with Crippen LogP contribution >= 0.6 is 0 Å². The standard InChI is InChI=1S/C24H24FN9O2/c25-14-6-4-12(5-7-14)10-18(20(26)35)31-24-32-23(19(21(27)36)33-34-24)28-15-8-9-16-17(11-15)30-22(29-16)13-2-1-3-13/h4-9,11,13,18,22H,1-3,10H2,(H2,26,35)(H2,27,36)(H2,28,31,32,34)/t18-,22?/m1/s1. The smallest absolute Gasteiger partial charge is 0.273 e. The minimum Gasteiger partial charge on any atom is -0.368 e. The van der Waals surface area contributed by atoms with E-state index < -0.39 is 17.9 Å². The number of fused-ring (bicyclic) bond motifs is 1. The zero-order valence-corrected chi connectivity index (χ0v) is 19.2. The van der Waals surface area contributed by atoms with Gasteiger partial charge in [0, 0.05) is 18.0 Å². The van der Waals surface area contributed by atoms with Gasteiger partial charge in [0.2, 0.25) is 11.9 Å². The molecule has 1 aliphatic carbocycles. The Kier molecular flexibility index (Phi) is 6.23. The molecule has 11 nitrogen and oxygen atoms in total. The van der Waals surface area contributed by atoms with Crippen LogP contribution in [0.1, 0.15) is 35.3 Å². The number of rotatable bonds is 9. The second-order valence-corrected chi connectivity index (χ2v) is 8.82. The fourth-order valence-electron chi connectivity index (χ4n) is 4.09. The van der Waals surface area contributed by atoms with Crippen LogP contribution in [-0.2, 0) is 11.2 Å². The topological polar surface area (TPSA) is 174 Å². The average molecular weight is 490 g/mol. The lowest BCUT2D eigenvalue weighted by Gasteiger charge is -2.27.